The molecule has 2 amide bonds. The van der Waals surface area contributed by atoms with Gasteiger partial charge in [-0.3, -0.25) is 4.79 Å². The van der Waals surface area contributed by atoms with Crippen LogP contribution in [-0.2, 0) is 19.6 Å². The number of hydrogen-bond acceptors (Lipinski definition) is 4. The van der Waals surface area contributed by atoms with Gasteiger partial charge in [0.25, 0.3) is 5.56 Å². The highest BCUT2D eigenvalue weighted by Gasteiger charge is 2.17. The molecule has 4 rings (SSSR count). The number of nitrogens with one attached hydrogen (secondary N) is 2. The van der Waals surface area contributed by atoms with E-state index in [2.05, 4.69) is 10.3 Å². The highest BCUT2D eigenvalue weighted by molar-refractivity contribution is 7.09. The second kappa shape index (κ2) is 9.49. The van der Waals surface area contributed by atoms with Gasteiger partial charge in [0.05, 0.1) is 20.2 Å². The van der Waals surface area contributed by atoms with Crippen LogP contribution in [0.5, 0.6) is 5.75 Å². The summed E-state index contributed by atoms with van der Waals surface area (Å²) in [5.74, 6) is 0.710. The second-order valence-corrected chi connectivity index (χ2v) is 8.19. The van der Waals surface area contributed by atoms with Crippen LogP contribution in [0.25, 0.3) is 10.9 Å². The highest BCUT2D eigenvalue weighted by Crippen LogP contribution is 2.20. The predicted octanol–water partition coefficient (Wildman–Crippen LogP) is 4.51. The lowest BCUT2D eigenvalue weighted by Gasteiger charge is -2.22. The smallest absolute Gasteiger partial charge is 0.318 e. The van der Waals surface area contributed by atoms with E-state index in [1.54, 1.807) is 29.4 Å². The van der Waals surface area contributed by atoms with E-state index in [1.807, 2.05) is 66.0 Å². The zero-order chi connectivity index (χ0) is 21.6. The number of urea groups is 1. The lowest BCUT2D eigenvalue weighted by molar-refractivity contribution is 0.192. The summed E-state index contributed by atoms with van der Waals surface area (Å²) in [6, 6.07) is 20.8. The summed E-state index contributed by atoms with van der Waals surface area (Å²) in [6.07, 6.45) is 0. The summed E-state index contributed by atoms with van der Waals surface area (Å²) in [4.78, 5) is 31.3. The van der Waals surface area contributed by atoms with Gasteiger partial charge in [-0.15, -0.1) is 11.3 Å². The van der Waals surface area contributed by atoms with E-state index < -0.39 is 0 Å². The minimum Gasteiger partial charge on any atom is -0.497 e. The first-order valence-corrected chi connectivity index (χ1v) is 10.8. The summed E-state index contributed by atoms with van der Waals surface area (Å²) in [5.41, 5.74) is 2.06. The average molecular weight is 434 g/mol. The third kappa shape index (κ3) is 5.13. The van der Waals surface area contributed by atoms with Crippen LogP contribution in [-0.4, -0.2) is 23.0 Å². The van der Waals surface area contributed by atoms with Crippen molar-refractivity contribution in [2.45, 2.75) is 19.6 Å². The Labute approximate surface area is 184 Å². The molecule has 0 radical (unpaired) electrons. The van der Waals surface area contributed by atoms with Crippen LogP contribution >= 0.6 is 11.3 Å². The van der Waals surface area contributed by atoms with E-state index in [-0.39, 0.29) is 18.1 Å². The van der Waals surface area contributed by atoms with Gasteiger partial charge in [0, 0.05) is 27.9 Å². The largest absolute Gasteiger partial charge is 0.497 e. The minimum absolute atomic E-state index is 0.195. The first kappa shape index (κ1) is 20.7. The first-order valence-electron chi connectivity index (χ1n) is 9.91. The van der Waals surface area contributed by atoms with Crippen LogP contribution in [0.15, 0.2) is 76.9 Å². The summed E-state index contributed by atoms with van der Waals surface area (Å²) in [6.45, 7) is 1.04. The molecule has 0 atom stereocenters. The topological polar surface area (TPSA) is 74.4 Å². The van der Waals surface area contributed by atoms with Gasteiger partial charge in [0.15, 0.2) is 0 Å². The van der Waals surface area contributed by atoms with Gasteiger partial charge >= 0.3 is 6.03 Å². The summed E-state index contributed by atoms with van der Waals surface area (Å²) < 4.78 is 5.29. The molecule has 2 aromatic carbocycles. The predicted molar refractivity (Wildman–Crippen MR) is 123 cm³/mol. The molecule has 0 fully saturated rings. The Morgan fingerprint density at radius 3 is 2.65 bits per heavy atom. The van der Waals surface area contributed by atoms with Gasteiger partial charge in [-0.2, -0.15) is 0 Å². The molecular weight excluding hydrogens is 410 g/mol. The quantitative estimate of drug-likeness (QED) is 0.450. The van der Waals surface area contributed by atoms with E-state index in [9.17, 15) is 9.59 Å². The lowest BCUT2D eigenvalue weighted by Crippen LogP contribution is -2.39. The van der Waals surface area contributed by atoms with Gasteiger partial charge in [-0.25, -0.2) is 4.79 Å². The monoisotopic (exact) mass is 433 g/mol. The average Bonchev–Trinajstić information content (AvgIpc) is 3.31. The number of aromatic amines is 1. The van der Waals surface area contributed by atoms with Crippen molar-refractivity contribution in [1.82, 2.24) is 15.2 Å². The summed E-state index contributed by atoms with van der Waals surface area (Å²) >= 11 is 1.58. The number of benzene rings is 2. The normalized spacial score (nSPS) is 10.7. The number of carbonyl (C=O) groups is 1. The van der Waals surface area contributed by atoms with Crippen LogP contribution in [0.4, 0.5) is 4.79 Å². The molecule has 0 unspecified atom stereocenters. The number of carbonyl (C=O) groups excluding carboxylic acids is 1. The molecule has 0 aliphatic heterocycles. The Morgan fingerprint density at radius 2 is 1.90 bits per heavy atom. The van der Waals surface area contributed by atoms with Crippen LogP contribution in [0.1, 0.15) is 16.0 Å². The number of amides is 2. The number of methoxy groups -OCH3 is 1. The number of thiophene rings is 1. The molecule has 2 N–H and O–H groups in total. The van der Waals surface area contributed by atoms with Crippen LogP contribution in [0.3, 0.4) is 0 Å². The molecule has 2 aromatic heterocycles. The van der Waals surface area contributed by atoms with Gasteiger partial charge in [-0.05, 0) is 41.3 Å². The number of H-pyrrole nitrogens is 1. The molecule has 4 aromatic rings. The number of fused-ring (bicyclic) bond motifs is 1. The maximum Gasteiger partial charge on any atom is 0.318 e. The van der Waals surface area contributed by atoms with Crippen LogP contribution in [0, 0.1) is 0 Å². The zero-order valence-electron chi connectivity index (χ0n) is 17.1. The number of hydrogen-bond donors (Lipinski definition) is 2. The molecule has 0 saturated heterocycles. The third-order valence-electron chi connectivity index (χ3n) is 4.99. The Kier molecular flexibility index (Phi) is 6.33. The molecule has 2 heterocycles. The van der Waals surface area contributed by atoms with Gasteiger partial charge < -0.3 is 19.9 Å². The van der Waals surface area contributed by atoms with E-state index in [1.165, 1.54) is 0 Å². The molecule has 0 aliphatic carbocycles. The molecular formula is C24H23N3O3S. The van der Waals surface area contributed by atoms with E-state index in [0.717, 1.165) is 21.3 Å². The second-order valence-electron chi connectivity index (χ2n) is 7.16. The minimum atomic E-state index is -0.220. The molecule has 6 nitrogen and oxygen atoms in total. The molecule has 0 saturated carbocycles. The SMILES string of the molecule is COc1ccc2[nH]c(=O)c(CN(Cc3cccs3)C(=O)NCc3ccccc3)cc2c1. The van der Waals surface area contributed by atoms with Crippen molar-refractivity contribution in [2.75, 3.05) is 7.11 Å². The van der Waals surface area contributed by atoms with Crippen molar-refractivity contribution in [3.63, 3.8) is 0 Å². The van der Waals surface area contributed by atoms with Crippen LogP contribution < -0.4 is 15.6 Å². The fourth-order valence-corrected chi connectivity index (χ4v) is 4.07. The van der Waals surface area contributed by atoms with Gasteiger partial charge in [0.1, 0.15) is 5.75 Å². The number of nitrogens with zero attached hydrogens (tertiary/aromatic N) is 1. The van der Waals surface area contributed by atoms with Crippen LogP contribution in [0.2, 0.25) is 0 Å². The first-order chi connectivity index (χ1) is 15.1. The number of rotatable bonds is 7. The Balaban J connectivity index is 1.58. The Morgan fingerprint density at radius 1 is 1.06 bits per heavy atom. The van der Waals surface area contributed by atoms with Crippen molar-refractivity contribution in [3.8, 4) is 5.75 Å². The molecule has 0 bridgehead atoms. The van der Waals surface area contributed by atoms with E-state index in [4.69, 9.17) is 4.74 Å². The third-order valence-corrected chi connectivity index (χ3v) is 5.85. The number of pyridine rings is 1. The fraction of sp³-hybridized carbons (Fsp3) is 0.167. The molecule has 0 spiro atoms. The molecule has 158 valence electrons. The van der Waals surface area contributed by atoms with Crippen molar-refractivity contribution >= 4 is 28.3 Å². The summed E-state index contributed by atoms with van der Waals surface area (Å²) in [5, 5.41) is 5.80. The summed E-state index contributed by atoms with van der Waals surface area (Å²) in [7, 11) is 1.60. The maximum absolute atomic E-state index is 13.0. The Hall–Kier alpha value is -3.58. The molecule has 0 aliphatic rings. The van der Waals surface area contributed by atoms with Crippen molar-refractivity contribution in [2.24, 2.45) is 0 Å². The zero-order valence-corrected chi connectivity index (χ0v) is 17.9. The van der Waals surface area contributed by atoms with Crippen molar-refractivity contribution < 1.29 is 9.53 Å². The van der Waals surface area contributed by atoms with Crippen molar-refractivity contribution in [1.29, 1.82) is 0 Å². The maximum atomic E-state index is 13.0. The number of aromatic nitrogens is 1. The molecule has 7 heteroatoms. The van der Waals surface area contributed by atoms with Gasteiger partial charge in [0.2, 0.25) is 0 Å². The Bertz CT molecular complexity index is 1220. The fourth-order valence-electron chi connectivity index (χ4n) is 3.36. The standard InChI is InChI=1S/C24H23N3O3S/c1-30-20-9-10-22-18(13-20)12-19(23(28)26-22)15-27(16-21-8-5-11-31-21)24(29)25-14-17-6-3-2-4-7-17/h2-13H,14-16H2,1H3,(H,25,29)(H,26,28). The van der Waals surface area contributed by atoms with E-state index >= 15 is 0 Å². The molecule has 31 heavy (non-hydrogen) atoms. The van der Waals surface area contributed by atoms with Gasteiger partial charge in [-0.1, -0.05) is 36.4 Å². The number of ether oxygens (including phenoxy) is 1. The highest BCUT2D eigenvalue weighted by atomic mass is 32.1. The van der Waals surface area contributed by atoms with E-state index in [0.29, 0.717) is 24.4 Å². The van der Waals surface area contributed by atoms with Crippen molar-refractivity contribution in [3.05, 3.63) is 98.5 Å². The lowest BCUT2D eigenvalue weighted by atomic mass is 10.1.